The Morgan fingerprint density at radius 1 is 1.05 bits per heavy atom. The summed E-state index contributed by atoms with van der Waals surface area (Å²) >= 11 is 0. The van der Waals surface area contributed by atoms with Crippen molar-refractivity contribution in [1.82, 2.24) is 4.90 Å². The van der Waals surface area contributed by atoms with E-state index in [1.807, 2.05) is 30.3 Å². The second-order valence-electron chi connectivity index (χ2n) is 4.01. The van der Waals surface area contributed by atoms with Gasteiger partial charge in [0.15, 0.2) is 0 Å². The van der Waals surface area contributed by atoms with Crippen LogP contribution in [0.1, 0.15) is 6.42 Å². The van der Waals surface area contributed by atoms with Gasteiger partial charge in [-0.1, -0.05) is 18.2 Å². The highest BCUT2D eigenvalue weighted by Crippen LogP contribution is 2.08. The van der Waals surface area contributed by atoms with Gasteiger partial charge >= 0.3 is 11.9 Å². The van der Waals surface area contributed by atoms with Crippen LogP contribution >= 0.6 is 0 Å². The third kappa shape index (κ3) is 7.05. The van der Waals surface area contributed by atoms with E-state index in [0.29, 0.717) is 19.6 Å². The highest BCUT2D eigenvalue weighted by Gasteiger charge is 2.12. The molecule has 0 fully saturated rings. The maximum atomic E-state index is 10.6. The fourth-order valence-corrected chi connectivity index (χ4v) is 1.59. The number of para-hydroxylation sites is 1. The van der Waals surface area contributed by atoms with E-state index in [0.717, 1.165) is 5.75 Å². The van der Waals surface area contributed by atoms with Crippen LogP contribution in [0, 0.1) is 0 Å². The molecule has 1 rings (SSSR count). The Morgan fingerprint density at radius 3 is 2.16 bits per heavy atom. The Bertz CT molecular complexity index is 391. The molecule has 0 atom stereocenters. The Labute approximate surface area is 111 Å². The largest absolute Gasteiger partial charge is 0.494 e. The highest BCUT2D eigenvalue weighted by atomic mass is 16.5. The maximum Gasteiger partial charge on any atom is 0.317 e. The van der Waals surface area contributed by atoms with Crippen LogP contribution in [0.2, 0.25) is 0 Å². The summed E-state index contributed by atoms with van der Waals surface area (Å²) in [6.07, 6.45) is 0.565. The lowest BCUT2D eigenvalue weighted by atomic mass is 10.3. The van der Waals surface area contributed by atoms with Crippen LogP contribution in [0.25, 0.3) is 0 Å². The van der Waals surface area contributed by atoms with Crippen LogP contribution in [0.5, 0.6) is 5.75 Å². The predicted octanol–water partition coefficient (Wildman–Crippen LogP) is 0.927. The van der Waals surface area contributed by atoms with Crippen molar-refractivity contribution in [2.75, 3.05) is 26.2 Å². The fraction of sp³-hybridized carbons (Fsp3) is 0.385. The first-order chi connectivity index (χ1) is 9.08. The third-order valence-electron chi connectivity index (χ3n) is 2.35. The molecule has 104 valence electrons. The van der Waals surface area contributed by atoms with Crippen LogP contribution < -0.4 is 4.74 Å². The molecule has 0 spiro atoms. The van der Waals surface area contributed by atoms with Gasteiger partial charge in [-0.25, -0.2) is 0 Å². The second-order valence-corrected chi connectivity index (χ2v) is 4.01. The molecule has 19 heavy (non-hydrogen) atoms. The average Bonchev–Trinajstić information content (AvgIpc) is 2.34. The van der Waals surface area contributed by atoms with Crippen molar-refractivity contribution >= 4 is 11.9 Å². The molecule has 0 unspecified atom stereocenters. The summed E-state index contributed by atoms with van der Waals surface area (Å²) in [5.41, 5.74) is 0. The number of aliphatic carboxylic acids is 2. The van der Waals surface area contributed by atoms with Crippen molar-refractivity contribution in [3.63, 3.8) is 0 Å². The van der Waals surface area contributed by atoms with Crippen molar-refractivity contribution in [1.29, 1.82) is 0 Å². The van der Waals surface area contributed by atoms with Gasteiger partial charge in [-0.15, -0.1) is 0 Å². The van der Waals surface area contributed by atoms with E-state index in [9.17, 15) is 9.59 Å². The summed E-state index contributed by atoms with van der Waals surface area (Å²) in [4.78, 5) is 22.5. The topological polar surface area (TPSA) is 87.1 Å². The van der Waals surface area contributed by atoms with E-state index in [2.05, 4.69) is 0 Å². The van der Waals surface area contributed by atoms with Crippen molar-refractivity contribution in [3.05, 3.63) is 30.3 Å². The molecule has 0 bridgehead atoms. The van der Waals surface area contributed by atoms with E-state index in [4.69, 9.17) is 14.9 Å². The third-order valence-corrected chi connectivity index (χ3v) is 2.35. The molecule has 0 saturated carbocycles. The number of carbonyl (C=O) groups is 2. The number of nitrogens with zero attached hydrogens (tertiary/aromatic N) is 1. The minimum absolute atomic E-state index is 0.280. The van der Waals surface area contributed by atoms with Gasteiger partial charge in [0.05, 0.1) is 19.7 Å². The second kappa shape index (κ2) is 8.10. The van der Waals surface area contributed by atoms with Crippen molar-refractivity contribution in [2.24, 2.45) is 0 Å². The maximum absolute atomic E-state index is 10.6. The number of carboxylic acid groups (broad SMARTS) is 2. The summed E-state index contributed by atoms with van der Waals surface area (Å²) in [6.45, 7) is 0.223. The number of rotatable bonds is 9. The first-order valence-electron chi connectivity index (χ1n) is 5.91. The van der Waals surface area contributed by atoms with E-state index in [1.165, 1.54) is 4.90 Å². The number of hydrogen-bond acceptors (Lipinski definition) is 4. The molecule has 0 heterocycles. The Kier molecular flexibility index (Phi) is 6.38. The molecule has 0 aliphatic heterocycles. The van der Waals surface area contributed by atoms with E-state index in [-0.39, 0.29) is 13.1 Å². The number of benzene rings is 1. The minimum atomic E-state index is -1.04. The molecule has 0 radical (unpaired) electrons. The van der Waals surface area contributed by atoms with Crippen LogP contribution in [0.4, 0.5) is 0 Å². The molecule has 0 amide bonds. The summed E-state index contributed by atoms with van der Waals surface area (Å²) in [7, 11) is 0. The normalized spacial score (nSPS) is 10.4. The molecule has 6 nitrogen and oxygen atoms in total. The monoisotopic (exact) mass is 267 g/mol. The zero-order chi connectivity index (χ0) is 14.1. The van der Waals surface area contributed by atoms with E-state index in [1.54, 1.807) is 0 Å². The van der Waals surface area contributed by atoms with Gasteiger partial charge in [0.2, 0.25) is 0 Å². The average molecular weight is 267 g/mol. The molecule has 0 aromatic heterocycles. The molecule has 1 aromatic rings. The molecule has 1 aromatic carbocycles. The molecule has 0 aliphatic rings. The SMILES string of the molecule is O=C(O)CN(CCCOc1ccccc1)CC(=O)O. The van der Waals surface area contributed by atoms with Crippen molar-refractivity contribution in [2.45, 2.75) is 6.42 Å². The van der Waals surface area contributed by atoms with Gasteiger partial charge in [-0.3, -0.25) is 14.5 Å². The van der Waals surface area contributed by atoms with Gasteiger partial charge in [-0.2, -0.15) is 0 Å². The molecule has 6 heteroatoms. The number of carboxylic acids is 2. The van der Waals surface area contributed by atoms with Gasteiger partial charge in [0.1, 0.15) is 5.75 Å². The lowest BCUT2D eigenvalue weighted by Gasteiger charge is -2.17. The Balaban J connectivity index is 2.27. The van der Waals surface area contributed by atoms with E-state index >= 15 is 0 Å². The Hall–Kier alpha value is -2.08. The van der Waals surface area contributed by atoms with Crippen molar-refractivity contribution in [3.8, 4) is 5.75 Å². The zero-order valence-corrected chi connectivity index (χ0v) is 10.5. The van der Waals surface area contributed by atoms with Crippen LogP contribution in [0.15, 0.2) is 30.3 Å². The van der Waals surface area contributed by atoms with Crippen LogP contribution in [-0.2, 0) is 9.59 Å². The van der Waals surface area contributed by atoms with Crippen LogP contribution in [0.3, 0.4) is 0 Å². The lowest BCUT2D eigenvalue weighted by molar-refractivity contribution is -0.141. The number of ether oxygens (including phenoxy) is 1. The number of hydrogen-bond donors (Lipinski definition) is 2. The molecule has 0 aliphatic carbocycles. The fourth-order valence-electron chi connectivity index (χ4n) is 1.59. The zero-order valence-electron chi connectivity index (χ0n) is 10.5. The smallest absolute Gasteiger partial charge is 0.317 e. The lowest BCUT2D eigenvalue weighted by Crippen LogP contribution is -2.35. The quantitative estimate of drug-likeness (QED) is 0.647. The molecule has 2 N–H and O–H groups in total. The Morgan fingerprint density at radius 2 is 1.63 bits per heavy atom. The molecular formula is C13H17NO5. The first kappa shape index (κ1) is 15.0. The van der Waals surface area contributed by atoms with Gasteiger partial charge in [0, 0.05) is 6.54 Å². The molecular weight excluding hydrogens is 250 g/mol. The summed E-state index contributed by atoms with van der Waals surface area (Å²) in [5.74, 6) is -1.33. The van der Waals surface area contributed by atoms with Crippen LogP contribution in [-0.4, -0.2) is 53.3 Å². The first-order valence-corrected chi connectivity index (χ1v) is 5.91. The van der Waals surface area contributed by atoms with Gasteiger partial charge in [-0.05, 0) is 18.6 Å². The highest BCUT2D eigenvalue weighted by molar-refractivity contribution is 5.72. The predicted molar refractivity (Wildman–Crippen MR) is 68.3 cm³/mol. The van der Waals surface area contributed by atoms with Gasteiger partial charge in [0.25, 0.3) is 0 Å². The summed E-state index contributed by atoms with van der Waals surface area (Å²) in [6, 6.07) is 9.25. The minimum Gasteiger partial charge on any atom is -0.494 e. The summed E-state index contributed by atoms with van der Waals surface area (Å²) in [5, 5.41) is 17.3. The van der Waals surface area contributed by atoms with E-state index < -0.39 is 11.9 Å². The summed E-state index contributed by atoms with van der Waals surface area (Å²) < 4.78 is 5.44. The molecule has 0 saturated heterocycles. The van der Waals surface area contributed by atoms with Gasteiger partial charge < -0.3 is 14.9 Å². The van der Waals surface area contributed by atoms with Crippen molar-refractivity contribution < 1.29 is 24.5 Å². The standard InChI is InChI=1S/C13H17NO5/c15-12(16)9-14(10-13(17)18)7-4-8-19-11-5-2-1-3-6-11/h1-3,5-6H,4,7-10H2,(H,15,16)(H,17,18).